The van der Waals surface area contributed by atoms with E-state index in [1.54, 1.807) is 6.26 Å². The highest BCUT2D eigenvalue weighted by molar-refractivity contribution is 6.36. The van der Waals surface area contributed by atoms with Crippen molar-refractivity contribution in [1.29, 1.82) is 0 Å². The molecule has 2 aromatic carbocycles. The highest BCUT2D eigenvalue weighted by atomic mass is 35.5. The number of hydrogen-bond donors (Lipinski definition) is 0. The zero-order valence-electron chi connectivity index (χ0n) is 7.33. The molecule has 0 spiro atoms. The Kier molecular flexibility index (Phi) is 1.55. The predicted molar refractivity (Wildman–Crippen MR) is 58.7 cm³/mol. The Morgan fingerprint density at radius 2 is 1.79 bits per heavy atom. The fourth-order valence-electron chi connectivity index (χ4n) is 1.73. The van der Waals surface area contributed by atoms with Gasteiger partial charge in [-0.3, -0.25) is 0 Å². The van der Waals surface area contributed by atoms with Gasteiger partial charge >= 0.3 is 0 Å². The van der Waals surface area contributed by atoms with Crippen LogP contribution in [-0.2, 0) is 0 Å². The van der Waals surface area contributed by atoms with E-state index in [4.69, 9.17) is 16.0 Å². The number of fused-ring (bicyclic) bond motifs is 3. The Balaban J connectivity index is 2.61. The molecule has 2 heteroatoms. The molecule has 1 heterocycles. The van der Waals surface area contributed by atoms with Gasteiger partial charge in [-0.05, 0) is 11.5 Å². The van der Waals surface area contributed by atoms with Gasteiger partial charge in [0.1, 0.15) is 11.8 Å². The maximum atomic E-state index is 5.98. The molecule has 0 aliphatic carbocycles. The Bertz CT molecular complexity index is 610. The molecule has 0 saturated heterocycles. The first kappa shape index (κ1) is 7.89. The summed E-state index contributed by atoms with van der Waals surface area (Å²) >= 11 is 5.98. The van der Waals surface area contributed by atoms with Crippen molar-refractivity contribution in [2.24, 2.45) is 0 Å². The molecule has 0 aliphatic rings. The van der Waals surface area contributed by atoms with Gasteiger partial charge in [0.15, 0.2) is 0 Å². The third kappa shape index (κ3) is 0.962. The van der Waals surface area contributed by atoms with Gasteiger partial charge in [0.2, 0.25) is 0 Å². The second-order valence-electron chi connectivity index (χ2n) is 3.25. The normalized spacial score (nSPS) is 11.2. The monoisotopic (exact) mass is 202 g/mol. The quantitative estimate of drug-likeness (QED) is 0.532. The van der Waals surface area contributed by atoms with Gasteiger partial charge in [-0.1, -0.05) is 41.9 Å². The second-order valence-corrected chi connectivity index (χ2v) is 3.65. The third-order valence-electron chi connectivity index (χ3n) is 2.42. The number of halogens is 1. The zero-order chi connectivity index (χ0) is 9.54. The largest absolute Gasteiger partial charge is 0.462 e. The SMILES string of the molecule is Clc1coc2c1ccc1ccccc12. The van der Waals surface area contributed by atoms with E-state index in [9.17, 15) is 0 Å². The van der Waals surface area contributed by atoms with Gasteiger partial charge in [-0.2, -0.15) is 0 Å². The summed E-state index contributed by atoms with van der Waals surface area (Å²) in [5, 5.41) is 3.93. The van der Waals surface area contributed by atoms with E-state index in [0.29, 0.717) is 5.02 Å². The number of rotatable bonds is 0. The summed E-state index contributed by atoms with van der Waals surface area (Å²) in [6.07, 6.45) is 1.58. The first-order chi connectivity index (χ1) is 6.86. The van der Waals surface area contributed by atoms with Gasteiger partial charge in [-0.15, -0.1) is 0 Å². The average Bonchev–Trinajstić information content (AvgIpc) is 2.61. The minimum absolute atomic E-state index is 0.672. The van der Waals surface area contributed by atoms with Crippen molar-refractivity contribution in [2.45, 2.75) is 0 Å². The van der Waals surface area contributed by atoms with Crippen LogP contribution in [0.4, 0.5) is 0 Å². The molecule has 1 nitrogen and oxygen atoms in total. The Hall–Kier alpha value is -1.47. The van der Waals surface area contributed by atoms with Crippen LogP contribution in [0.2, 0.25) is 5.02 Å². The van der Waals surface area contributed by atoms with E-state index in [1.807, 2.05) is 24.3 Å². The van der Waals surface area contributed by atoms with Crippen molar-refractivity contribution < 1.29 is 4.42 Å². The van der Waals surface area contributed by atoms with E-state index in [0.717, 1.165) is 16.4 Å². The molecule has 0 amide bonds. The zero-order valence-corrected chi connectivity index (χ0v) is 8.08. The van der Waals surface area contributed by atoms with Crippen LogP contribution in [0.3, 0.4) is 0 Å². The van der Waals surface area contributed by atoms with Crippen molar-refractivity contribution in [3.63, 3.8) is 0 Å². The first-order valence-corrected chi connectivity index (χ1v) is 4.78. The number of benzene rings is 2. The summed E-state index contributed by atoms with van der Waals surface area (Å²) in [4.78, 5) is 0. The molecule has 3 rings (SSSR count). The molecule has 14 heavy (non-hydrogen) atoms. The van der Waals surface area contributed by atoms with Crippen LogP contribution >= 0.6 is 11.6 Å². The highest BCUT2D eigenvalue weighted by Crippen LogP contribution is 2.31. The van der Waals surface area contributed by atoms with Gasteiger partial charge in [0.25, 0.3) is 0 Å². The van der Waals surface area contributed by atoms with Gasteiger partial charge in [0, 0.05) is 10.8 Å². The molecule has 0 N–H and O–H groups in total. The van der Waals surface area contributed by atoms with Crippen molar-refractivity contribution in [1.82, 2.24) is 0 Å². The molecule has 0 saturated carbocycles. The van der Waals surface area contributed by atoms with Crippen LogP contribution in [-0.4, -0.2) is 0 Å². The molecule has 0 fully saturated rings. The summed E-state index contributed by atoms with van der Waals surface area (Å²) in [6.45, 7) is 0. The topological polar surface area (TPSA) is 13.1 Å². The third-order valence-corrected chi connectivity index (χ3v) is 2.71. The van der Waals surface area contributed by atoms with Crippen LogP contribution < -0.4 is 0 Å². The predicted octanol–water partition coefficient (Wildman–Crippen LogP) is 4.24. The number of hydrogen-bond acceptors (Lipinski definition) is 1. The van der Waals surface area contributed by atoms with Crippen LogP contribution in [0.15, 0.2) is 47.1 Å². The molecule has 0 radical (unpaired) electrons. The minimum atomic E-state index is 0.672. The van der Waals surface area contributed by atoms with E-state index < -0.39 is 0 Å². The maximum absolute atomic E-state index is 5.98. The van der Waals surface area contributed by atoms with E-state index in [1.165, 1.54) is 5.39 Å². The summed E-state index contributed by atoms with van der Waals surface area (Å²) in [7, 11) is 0. The van der Waals surface area contributed by atoms with Gasteiger partial charge < -0.3 is 4.42 Å². The lowest BCUT2D eigenvalue weighted by atomic mass is 10.1. The first-order valence-electron chi connectivity index (χ1n) is 4.41. The molecule has 0 atom stereocenters. The van der Waals surface area contributed by atoms with Crippen molar-refractivity contribution in [3.8, 4) is 0 Å². The molecule has 0 bridgehead atoms. The Morgan fingerprint density at radius 3 is 2.71 bits per heavy atom. The lowest BCUT2D eigenvalue weighted by Gasteiger charge is -1.97. The number of furan rings is 1. The fourth-order valence-corrected chi connectivity index (χ4v) is 1.93. The fraction of sp³-hybridized carbons (Fsp3) is 0. The van der Waals surface area contributed by atoms with E-state index in [2.05, 4.69) is 12.1 Å². The summed E-state index contributed by atoms with van der Waals surface area (Å²) < 4.78 is 5.43. The smallest absolute Gasteiger partial charge is 0.143 e. The minimum Gasteiger partial charge on any atom is -0.462 e. The summed E-state index contributed by atoms with van der Waals surface area (Å²) in [6, 6.07) is 12.2. The summed E-state index contributed by atoms with van der Waals surface area (Å²) in [5.41, 5.74) is 0.869. The van der Waals surface area contributed by atoms with Crippen LogP contribution in [0.5, 0.6) is 0 Å². The van der Waals surface area contributed by atoms with Crippen molar-refractivity contribution >= 4 is 33.3 Å². The van der Waals surface area contributed by atoms with Crippen LogP contribution in [0, 0.1) is 0 Å². The molecular weight excluding hydrogens is 196 g/mol. The van der Waals surface area contributed by atoms with Crippen molar-refractivity contribution in [3.05, 3.63) is 47.7 Å². The van der Waals surface area contributed by atoms with Crippen LogP contribution in [0.1, 0.15) is 0 Å². The van der Waals surface area contributed by atoms with E-state index in [-0.39, 0.29) is 0 Å². The van der Waals surface area contributed by atoms with Gasteiger partial charge in [-0.25, -0.2) is 0 Å². The summed E-state index contributed by atoms with van der Waals surface area (Å²) in [5.74, 6) is 0. The molecule has 3 aromatic rings. The van der Waals surface area contributed by atoms with Crippen LogP contribution in [0.25, 0.3) is 21.7 Å². The molecule has 68 valence electrons. The maximum Gasteiger partial charge on any atom is 0.143 e. The van der Waals surface area contributed by atoms with Crippen molar-refractivity contribution in [2.75, 3.05) is 0 Å². The lowest BCUT2D eigenvalue weighted by Crippen LogP contribution is -1.72. The van der Waals surface area contributed by atoms with E-state index >= 15 is 0 Å². The van der Waals surface area contributed by atoms with Gasteiger partial charge in [0.05, 0.1) is 5.02 Å². The average molecular weight is 203 g/mol. The lowest BCUT2D eigenvalue weighted by molar-refractivity contribution is 0.619. The molecule has 0 unspecified atom stereocenters. The second kappa shape index (κ2) is 2.76. The molecular formula is C12H7ClO. The Labute approximate surface area is 85.9 Å². The molecule has 0 aliphatic heterocycles. The Morgan fingerprint density at radius 1 is 0.929 bits per heavy atom. The molecule has 1 aromatic heterocycles. The highest BCUT2D eigenvalue weighted by Gasteiger charge is 2.06. The standard InChI is InChI=1S/C12H7ClO/c13-11-7-14-12-9-4-2-1-3-8(9)5-6-10(11)12/h1-7H.